The highest BCUT2D eigenvalue weighted by atomic mass is 16.3. The summed E-state index contributed by atoms with van der Waals surface area (Å²) in [5, 5.41) is 25.7. The van der Waals surface area contributed by atoms with Gasteiger partial charge in [0.15, 0.2) is 0 Å². The van der Waals surface area contributed by atoms with Crippen LogP contribution >= 0.6 is 0 Å². The smallest absolute Gasteiger partial charge is 0.146 e. The van der Waals surface area contributed by atoms with Crippen molar-refractivity contribution in [3.8, 4) is 5.69 Å². The van der Waals surface area contributed by atoms with Crippen molar-refractivity contribution in [2.45, 2.75) is 25.0 Å². The maximum Gasteiger partial charge on any atom is 0.146 e. The molecule has 124 valence electrons. The van der Waals surface area contributed by atoms with Gasteiger partial charge in [-0.1, -0.05) is 18.2 Å². The van der Waals surface area contributed by atoms with Crippen molar-refractivity contribution >= 4 is 0 Å². The third-order valence-corrected chi connectivity index (χ3v) is 4.43. The zero-order valence-corrected chi connectivity index (χ0v) is 13.2. The number of H-pyrrole nitrogens is 1. The Morgan fingerprint density at radius 3 is 2.92 bits per heavy atom. The molecule has 0 spiro atoms. The van der Waals surface area contributed by atoms with Gasteiger partial charge in [0.2, 0.25) is 0 Å². The molecule has 0 saturated carbocycles. The molecule has 0 radical (unpaired) electrons. The molecule has 3 heterocycles. The molecule has 8 heteroatoms. The quantitative estimate of drug-likeness (QED) is 0.739. The lowest BCUT2D eigenvalue weighted by molar-refractivity contribution is -0.0421. The number of nitrogens with zero attached hydrogens (tertiary/aromatic N) is 6. The Kier molecular flexibility index (Phi) is 3.83. The summed E-state index contributed by atoms with van der Waals surface area (Å²) < 4.78 is 1.84. The summed E-state index contributed by atoms with van der Waals surface area (Å²) in [6, 6.07) is 9.93. The SMILES string of the molecule is O[C@]1(c2cn[nH]n2)CCCN(Cc2ncnn2-c2ccccc2)C1. The van der Waals surface area contributed by atoms with E-state index < -0.39 is 5.60 Å². The number of hydrogen-bond donors (Lipinski definition) is 2. The summed E-state index contributed by atoms with van der Waals surface area (Å²) in [7, 11) is 0. The Morgan fingerprint density at radius 1 is 1.25 bits per heavy atom. The van der Waals surface area contributed by atoms with E-state index in [0.29, 0.717) is 25.2 Å². The lowest BCUT2D eigenvalue weighted by Crippen LogP contribution is -2.46. The van der Waals surface area contributed by atoms with Crippen LogP contribution in [-0.2, 0) is 12.1 Å². The maximum atomic E-state index is 10.9. The third-order valence-electron chi connectivity index (χ3n) is 4.43. The summed E-state index contributed by atoms with van der Waals surface area (Å²) in [5.74, 6) is 0.852. The van der Waals surface area contributed by atoms with Crippen molar-refractivity contribution in [2.75, 3.05) is 13.1 Å². The van der Waals surface area contributed by atoms with Crippen molar-refractivity contribution in [3.05, 3.63) is 54.4 Å². The lowest BCUT2D eigenvalue weighted by Gasteiger charge is -2.37. The van der Waals surface area contributed by atoms with E-state index in [1.54, 1.807) is 12.5 Å². The lowest BCUT2D eigenvalue weighted by atomic mass is 9.90. The van der Waals surface area contributed by atoms with Crippen LogP contribution in [-0.4, -0.2) is 53.3 Å². The molecule has 3 aromatic rings. The van der Waals surface area contributed by atoms with Crippen molar-refractivity contribution in [2.24, 2.45) is 0 Å². The van der Waals surface area contributed by atoms with E-state index in [4.69, 9.17) is 0 Å². The highest BCUT2D eigenvalue weighted by molar-refractivity contribution is 5.30. The van der Waals surface area contributed by atoms with Crippen LogP contribution < -0.4 is 0 Å². The number of piperidine rings is 1. The molecule has 1 aliphatic heterocycles. The molecule has 2 aromatic heterocycles. The predicted octanol–water partition coefficient (Wildman–Crippen LogP) is 0.869. The zero-order valence-electron chi connectivity index (χ0n) is 13.2. The highest BCUT2D eigenvalue weighted by Gasteiger charge is 2.37. The Hall–Kier alpha value is -2.58. The minimum atomic E-state index is -0.969. The second-order valence-corrected chi connectivity index (χ2v) is 6.12. The van der Waals surface area contributed by atoms with Gasteiger partial charge in [-0.15, -0.1) is 0 Å². The molecule has 24 heavy (non-hydrogen) atoms. The Labute approximate surface area is 139 Å². The molecule has 0 aliphatic carbocycles. The van der Waals surface area contributed by atoms with Crippen molar-refractivity contribution in [3.63, 3.8) is 0 Å². The number of aromatic nitrogens is 6. The first-order valence-electron chi connectivity index (χ1n) is 8.00. The standard InChI is InChI=1S/C16H19N7O/c24-16(14-9-18-21-20-14)7-4-8-22(11-16)10-15-17-12-19-23(15)13-5-2-1-3-6-13/h1-3,5-6,9,12,24H,4,7-8,10-11H2,(H,18,20,21)/t16-/m1/s1. The van der Waals surface area contributed by atoms with Gasteiger partial charge in [0.05, 0.1) is 18.4 Å². The van der Waals surface area contributed by atoms with Crippen LogP contribution in [0.1, 0.15) is 24.4 Å². The van der Waals surface area contributed by atoms with Crippen LogP contribution in [0.4, 0.5) is 0 Å². The fourth-order valence-corrected chi connectivity index (χ4v) is 3.25. The van der Waals surface area contributed by atoms with Crippen LogP contribution in [0, 0.1) is 0 Å². The second kappa shape index (κ2) is 6.14. The van der Waals surface area contributed by atoms with Crippen molar-refractivity contribution in [1.29, 1.82) is 0 Å². The summed E-state index contributed by atoms with van der Waals surface area (Å²) in [4.78, 5) is 6.57. The van der Waals surface area contributed by atoms with Gasteiger partial charge in [0.25, 0.3) is 0 Å². The molecule has 4 rings (SSSR count). The van der Waals surface area contributed by atoms with Gasteiger partial charge in [0.1, 0.15) is 23.4 Å². The summed E-state index contributed by atoms with van der Waals surface area (Å²) >= 11 is 0. The number of β-amino-alcohol motifs (C(OH)–C–C–N with tert-alkyl or cyclic N) is 1. The number of aliphatic hydroxyl groups is 1. The molecule has 1 saturated heterocycles. The Morgan fingerprint density at radius 2 is 2.12 bits per heavy atom. The first-order chi connectivity index (χ1) is 11.7. The van der Waals surface area contributed by atoms with Gasteiger partial charge in [-0.05, 0) is 31.5 Å². The summed E-state index contributed by atoms with van der Waals surface area (Å²) in [5.41, 5.74) is 0.605. The number of rotatable bonds is 4. The zero-order chi connectivity index (χ0) is 16.4. The molecule has 0 bridgehead atoms. The molecular weight excluding hydrogens is 306 g/mol. The van der Waals surface area contributed by atoms with E-state index in [9.17, 15) is 5.11 Å². The molecule has 1 fully saturated rings. The van der Waals surface area contributed by atoms with Crippen LogP contribution in [0.25, 0.3) is 5.69 Å². The number of hydrogen-bond acceptors (Lipinski definition) is 6. The van der Waals surface area contributed by atoms with Crippen LogP contribution in [0.15, 0.2) is 42.9 Å². The third kappa shape index (κ3) is 2.81. The van der Waals surface area contributed by atoms with E-state index in [0.717, 1.165) is 24.5 Å². The van der Waals surface area contributed by atoms with Crippen molar-refractivity contribution < 1.29 is 5.11 Å². The van der Waals surface area contributed by atoms with Gasteiger partial charge in [-0.2, -0.15) is 20.5 Å². The van der Waals surface area contributed by atoms with Gasteiger partial charge in [0, 0.05) is 6.54 Å². The van der Waals surface area contributed by atoms with Crippen molar-refractivity contribution in [1.82, 2.24) is 35.1 Å². The monoisotopic (exact) mass is 325 g/mol. The normalized spacial score (nSPS) is 21.9. The molecule has 2 N–H and O–H groups in total. The van der Waals surface area contributed by atoms with Crippen LogP contribution in [0.2, 0.25) is 0 Å². The largest absolute Gasteiger partial charge is 0.382 e. The van der Waals surface area contributed by atoms with E-state index in [1.807, 2.05) is 35.0 Å². The van der Waals surface area contributed by atoms with Gasteiger partial charge in [-0.25, -0.2) is 9.67 Å². The molecular formula is C16H19N7O. The Bertz CT molecular complexity index is 786. The van der Waals surface area contributed by atoms with E-state index in [1.165, 1.54) is 0 Å². The maximum absolute atomic E-state index is 10.9. The number of likely N-dealkylation sites (tertiary alicyclic amines) is 1. The number of benzene rings is 1. The fourth-order valence-electron chi connectivity index (χ4n) is 3.25. The van der Waals surface area contributed by atoms with Gasteiger partial charge in [-0.3, -0.25) is 4.90 Å². The predicted molar refractivity (Wildman–Crippen MR) is 86.1 cm³/mol. The molecule has 1 atom stereocenters. The summed E-state index contributed by atoms with van der Waals surface area (Å²) in [6.45, 7) is 2.03. The molecule has 0 amide bonds. The average molecular weight is 325 g/mol. The first kappa shape index (κ1) is 15.0. The minimum absolute atomic E-state index is 0.501. The number of nitrogens with one attached hydrogen (secondary N) is 1. The average Bonchev–Trinajstić information content (AvgIpc) is 3.28. The van der Waals surface area contributed by atoms with Gasteiger partial charge < -0.3 is 5.11 Å². The fraction of sp³-hybridized carbons (Fsp3) is 0.375. The molecule has 0 unspecified atom stereocenters. The van der Waals surface area contributed by atoms with Crippen LogP contribution in [0.5, 0.6) is 0 Å². The topological polar surface area (TPSA) is 95.8 Å². The molecule has 1 aromatic carbocycles. The van der Waals surface area contributed by atoms with Gasteiger partial charge >= 0.3 is 0 Å². The number of para-hydroxylation sites is 1. The first-order valence-corrected chi connectivity index (χ1v) is 8.00. The summed E-state index contributed by atoms with van der Waals surface area (Å²) in [6.07, 6.45) is 4.73. The van der Waals surface area contributed by atoms with E-state index in [-0.39, 0.29) is 0 Å². The molecule has 8 nitrogen and oxygen atoms in total. The molecule has 1 aliphatic rings. The highest BCUT2D eigenvalue weighted by Crippen LogP contribution is 2.30. The number of aromatic amines is 1. The Balaban J connectivity index is 1.53. The van der Waals surface area contributed by atoms with E-state index in [2.05, 4.69) is 30.4 Å². The van der Waals surface area contributed by atoms with Crippen LogP contribution in [0.3, 0.4) is 0 Å². The van der Waals surface area contributed by atoms with E-state index >= 15 is 0 Å². The minimum Gasteiger partial charge on any atom is -0.382 e. The second-order valence-electron chi connectivity index (χ2n) is 6.12.